The smallest absolute Gasteiger partial charge is 0.122 e. The number of ether oxygens (including phenoxy) is 3. The molecule has 1 unspecified atom stereocenters. The summed E-state index contributed by atoms with van der Waals surface area (Å²) in [6.07, 6.45) is 3.06. The molecule has 2 aliphatic heterocycles. The first kappa shape index (κ1) is 13.9. The minimum atomic E-state index is -0.119. The second-order valence-electron chi connectivity index (χ2n) is 5.66. The molecule has 0 radical (unpaired) electrons. The fourth-order valence-corrected chi connectivity index (χ4v) is 2.91. The maximum absolute atomic E-state index is 5.61. The summed E-state index contributed by atoms with van der Waals surface area (Å²) in [4.78, 5) is 0. The Morgan fingerprint density at radius 1 is 1.35 bits per heavy atom. The summed E-state index contributed by atoms with van der Waals surface area (Å²) in [5, 5.41) is 3.50. The van der Waals surface area contributed by atoms with E-state index in [0.29, 0.717) is 6.61 Å². The molecule has 20 heavy (non-hydrogen) atoms. The molecule has 0 spiro atoms. The van der Waals surface area contributed by atoms with Gasteiger partial charge in [0.15, 0.2) is 0 Å². The number of benzene rings is 1. The van der Waals surface area contributed by atoms with Gasteiger partial charge in [0.1, 0.15) is 11.4 Å². The normalized spacial score (nSPS) is 24.6. The highest BCUT2D eigenvalue weighted by Gasteiger charge is 2.34. The first-order chi connectivity index (χ1) is 9.81. The maximum Gasteiger partial charge on any atom is 0.122 e. The van der Waals surface area contributed by atoms with Crippen LogP contribution in [0.2, 0.25) is 0 Å². The zero-order valence-electron chi connectivity index (χ0n) is 12.1. The van der Waals surface area contributed by atoms with Gasteiger partial charge in [-0.3, -0.25) is 0 Å². The summed E-state index contributed by atoms with van der Waals surface area (Å²) in [6.45, 7) is 4.16. The molecule has 0 saturated carbocycles. The van der Waals surface area contributed by atoms with E-state index < -0.39 is 0 Å². The second-order valence-corrected chi connectivity index (χ2v) is 5.66. The second kappa shape index (κ2) is 6.12. The molecule has 4 heteroatoms. The first-order valence-electron chi connectivity index (χ1n) is 7.40. The molecule has 0 aromatic heterocycles. The van der Waals surface area contributed by atoms with Crippen LogP contribution in [0.3, 0.4) is 0 Å². The Morgan fingerprint density at radius 2 is 2.30 bits per heavy atom. The Kier molecular flexibility index (Phi) is 4.24. The van der Waals surface area contributed by atoms with E-state index in [4.69, 9.17) is 14.2 Å². The molecular formula is C16H23NO3. The lowest BCUT2D eigenvalue weighted by Gasteiger charge is -2.26. The number of methoxy groups -OCH3 is 1. The van der Waals surface area contributed by atoms with E-state index in [1.807, 2.05) is 0 Å². The van der Waals surface area contributed by atoms with Gasteiger partial charge < -0.3 is 19.5 Å². The Morgan fingerprint density at radius 3 is 3.10 bits per heavy atom. The fraction of sp³-hybridized carbons (Fsp3) is 0.625. The van der Waals surface area contributed by atoms with E-state index in [-0.39, 0.29) is 5.60 Å². The SMILES string of the molecule is COC1(CNCCc2ccc3c(c2)CCO3)CCOC1. The van der Waals surface area contributed by atoms with Gasteiger partial charge in [0.25, 0.3) is 0 Å². The summed E-state index contributed by atoms with van der Waals surface area (Å²) >= 11 is 0. The predicted octanol–water partition coefficient (Wildman–Crippen LogP) is 1.56. The van der Waals surface area contributed by atoms with Crippen molar-refractivity contribution >= 4 is 0 Å². The largest absolute Gasteiger partial charge is 0.493 e. The standard InChI is InChI=1S/C16H23NO3/c1-18-16(6-9-19-12-16)11-17-7-4-13-2-3-15-14(10-13)5-8-20-15/h2-3,10,17H,4-9,11-12H2,1H3. The predicted molar refractivity (Wildman–Crippen MR) is 77.4 cm³/mol. The van der Waals surface area contributed by atoms with Crippen LogP contribution in [0.5, 0.6) is 5.75 Å². The van der Waals surface area contributed by atoms with Gasteiger partial charge >= 0.3 is 0 Å². The molecule has 1 aromatic carbocycles. The third kappa shape index (κ3) is 2.97. The van der Waals surface area contributed by atoms with Crippen LogP contribution in [-0.4, -0.2) is 45.6 Å². The third-order valence-electron chi connectivity index (χ3n) is 4.29. The Balaban J connectivity index is 1.46. The Labute approximate surface area is 120 Å². The van der Waals surface area contributed by atoms with Crippen LogP contribution in [0.4, 0.5) is 0 Å². The number of rotatable bonds is 6. The van der Waals surface area contributed by atoms with Crippen molar-refractivity contribution in [3.8, 4) is 5.75 Å². The van der Waals surface area contributed by atoms with Crippen LogP contribution in [0, 0.1) is 0 Å². The van der Waals surface area contributed by atoms with Crippen molar-refractivity contribution in [3.63, 3.8) is 0 Å². The highest BCUT2D eigenvalue weighted by molar-refractivity contribution is 5.39. The molecule has 1 N–H and O–H groups in total. The summed E-state index contributed by atoms with van der Waals surface area (Å²) in [5.41, 5.74) is 2.60. The monoisotopic (exact) mass is 277 g/mol. The highest BCUT2D eigenvalue weighted by Crippen LogP contribution is 2.26. The number of hydrogen-bond acceptors (Lipinski definition) is 4. The fourth-order valence-electron chi connectivity index (χ4n) is 2.91. The van der Waals surface area contributed by atoms with Crippen LogP contribution in [0.1, 0.15) is 17.5 Å². The van der Waals surface area contributed by atoms with E-state index in [9.17, 15) is 0 Å². The summed E-state index contributed by atoms with van der Waals surface area (Å²) in [6, 6.07) is 6.53. The lowest BCUT2D eigenvalue weighted by atomic mass is 10.0. The first-order valence-corrected chi connectivity index (χ1v) is 7.40. The van der Waals surface area contributed by atoms with E-state index in [2.05, 4.69) is 23.5 Å². The minimum Gasteiger partial charge on any atom is -0.493 e. The molecule has 2 heterocycles. The zero-order valence-corrected chi connectivity index (χ0v) is 12.1. The van der Waals surface area contributed by atoms with Crippen LogP contribution in [0.15, 0.2) is 18.2 Å². The number of fused-ring (bicyclic) bond motifs is 1. The molecule has 0 amide bonds. The Bertz CT molecular complexity index is 455. The molecule has 110 valence electrons. The van der Waals surface area contributed by atoms with Gasteiger partial charge in [-0.05, 0) is 30.2 Å². The van der Waals surface area contributed by atoms with Crippen LogP contribution in [0.25, 0.3) is 0 Å². The van der Waals surface area contributed by atoms with Crippen molar-refractivity contribution in [1.82, 2.24) is 5.32 Å². The van der Waals surface area contributed by atoms with Crippen LogP contribution >= 0.6 is 0 Å². The van der Waals surface area contributed by atoms with Crippen molar-refractivity contribution < 1.29 is 14.2 Å². The molecule has 1 saturated heterocycles. The molecular weight excluding hydrogens is 254 g/mol. The minimum absolute atomic E-state index is 0.119. The average molecular weight is 277 g/mol. The van der Waals surface area contributed by atoms with Crippen molar-refractivity contribution in [2.45, 2.75) is 24.9 Å². The molecule has 3 rings (SSSR count). The van der Waals surface area contributed by atoms with Crippen molar-refractivity contribution in [1.29, 1.82) is 0 Å². The molecule has 0 bridgehead atoms. The van der Waals surface area contributed by atoms with Gasteiger partial charge in [0.2, 0.25) is 0 Å². The lowest BCUT2D eigenvalue weighted by Crippen LogP contribution is -2.43. The Hall–Kier alpha value is -1.10. The molecule has 1 aromatic rings. The summed E-state index contributed by atoms with van der Waals surface area (Å²) in [7, 11) is 1.77. The van der Waals surface area contributed by atoms with Gasteiger partial charge in [-0.15, -0.1) is 0 Å². The molecule has 0 aliphatic carbocycles. The molecule has 1 fully saturated rings. The van der Waals surface area contributed by atoms with Gasteiger partial charge in [-0.25, -0.2) is 0 Å². The van der Waals surface area contributed by atoms with E-state index in [1.54, 1.807) is 7.11 Å². The lowest BCUT2D eigenvalue weighted by molar-refractivity contribution is -0.0155. The molecule has 1 atom stereocenters. The zero-order chi connectivity index (χ0) is 13.8. The van der Waals surface area contributed by atoms with Gasteiger partial charge in [0, 0.05) is 33.1 Å². The van der Waals surface area contributed by atoms with Crippen molar-refractivity contribution in [2.24, 2.45) is 0 Å². The summed E-state index contributed by atoms with van der Waals surface area (Å²) < 4.78 is 16.6. The van der Waals surface area contributed by atoms with Crippen LogP contribution in [-0.2, 0) is 22.3 Å². The topological polar surface area (TPSA) is 39.7 Å². The van der Waals surface area contributed by atoms with Crippen molar-refractivity contribution in [2.75, 3.05) is 40.0 Å². The highest BCUT2D eigenvalue weighted by atomic mass is 16.5. The average Bonchev–Trinajstić information content (AvgIpc) is 3.13. The molecule has 4 nitrogen and oxygen atoms in total. The molecule has 2 aliphatic rings. The van der Waals surface area contributed by atoms with E-state index in [1.165, 1.54) is 11.1 Å². The van der Waals surface area contributed by atoms with Gasteiger partial charge in [0.05, 0.1) is 13.2 Å². The van der Waals surface area contributed by atoms with Crippen molar-refractivity contribution in [3.05, 3.63) is 29.3 Å². The van der Waals surface area contributed by atoms with Gasteiger partial charge in [-0.2, -0.15) is 0 Å². The van der Waals surface area contributed by atoms with Crippen LogP contribution < -0.4 is 10.1 Å². The number of hydrogen-bond donors (Lipinski definition) is 1. The summed E-state index contributed by atoms with van der Waals surface area (Å²) in [5.74, 6) is 1.06. The third-order valence-corrected chi connectivity index (χ3v) is 4.29. The van der Waals surface area contributed by atoms with E-state index >= 15 is 0 Å². The van der Waals surface area contributed by atoms with E-state index in [0.717, 1.165) is 51.3 Å². The van der Waals surface area contributed by atoms with Gasteiger partial charge in [-0.1, -0.05) is 12.1 Å². The maximum atomic E-state index is 5.61. The number of nitrogens with one attached hydrogen (secondary N) is 1. The quantitative estimate of drug-likeness (QED) is 0.801.